The molecule has 1 aromatic rings. The third-order valence-electron chi connectivity index (χ3n) is 4.22. The van der Waals surface area contributed by atoms with Gasteiger partial charge in [-0.25, -0.2) is 4.79 Å². The summed E-state index contributed by atoms with van der Waals surface area (Å²) in [5.41, 5.74) is 0.865. The van der Waals surface area contributed by atoms with Crippen LogP contribution in [0, 0.1) is 0 Å². The van der Waals surface area contributed by atoms with Crippen LogP contribution in [-0.2, 0) is 20.8 Å². The van der Waals surface area contributed by atoms with Crippen LogP contribution in [0.25, 0.3) is 0 Å². The predicted molar refractivity (Wildman–Crippen MR) is 90.7 cm³/mol. The van der Waals surface area contributed by atoms with E-state index < -0.39 is 36.0 Å². The SMILES string of the molecule is CC(O)CC(=O)N[C@@H](Cc1ccccc1)C(=O)N1CCC[C@H]1C(=O)O. The van der Waals surface area contributed by atoms with Gasteiger partial charge >= 0.3 is 5.97 Å². The molecule has 0 aromatic heterocycles. The number of aliphatic carboxylic acids is 1. The lowest BCUT2D eigenvalue weighted by Crippen LogP contribution is -2.52. The number of aliphatic hydroxyl groups is 1. The van der Waals surface area contributed by atoms with Gasteiger partial charge in [0.25, 0.3) is 0 Å². The number of carboxylic acid groups (broad SMARTS) is 1. The quantitative estimate of drug-likeness (QED) is 0.667. The largest absolute Gasteiger partial charge is 0.480 e. The molecule has 25 heavy (non-hydrogen) atoms. The van der Waals surface area contributed by atoms with E-state index in [-0.39, 0.29) is 12.8 Å². The van der Waals surface area contributed by atoms with Crippen LogP contribution in [0.3, 0.4) is 0 Å². The molecule has 1 heterocycles. The summed E-state index contributed by atoms with van der Waals surface area (Å²) in [6.07, 6.45) is 0.393. The first-order valence-corrected chi connectivity index (χ1v) is 8.43. The Balaban J connectivity index is 2.16. The van der Waals surface area contributed by atoms with Gasteiger partial charge < -0.3 is 20.4 Å². The Kier molecular flexibility index (Phi) is 6.52. The average Bonchev–Trinajstić information content (AvgIpc) is 3.03. The van der Waals surface area contributed by atoms with Crippen LogP contribution in [0.4, 0.5) is 0 Å². The van der Waals surface area contributed by atoms with Crippen molar-refractivity contribution < 1.29 is 24.6 Å². The lowest BCUT2D eigenvalue weighted by Gasteiger charge is -2.27. The Hall–Kier alpha value is -2.41. The molecule has 7 heteroatoms. The molecule has 7 nitrogen and oxygen atoms in total. The first-order valence-electron chi connectivity index (χ1n) is 8.43. The summed E-state index contributed by atoms with van der Waals surface area (Å²) >= 11 is 0. The van der Waals surface area contributed by atoms with Crippen molar-refractivity contribution in [1.82, 2.24) is 10.2 Å². The monoisotopic (exact) mass is 348 g/mol. The fourth-order valence-corrected chi connectivity index (χ4v) is 3.06. The minimum Gasteiger partial charge on any atom is -0.480 e. The van der Waals surface area contributed by atoms with Crippen LogP contribution in [0.15, 0.2) is 30.3 Å². The number of carbonyl (C=O) groups is 3. The smallest absolute Gasteiger partial charge is 0.326 e. The molecule has 2 amide bonds. The minimum absolute atomic E-state index is 0.110. The number of carboxylic acids is 1. The van der Waals surface area contributed by atoms with Crippen LogP contribution >= 0.6 is 0 Å². The van der Waals surface area contributed by atoms with Crippen LogP contribution < -0.4 is 5.32 Å². The van der Waals surface area contributed by atoms with E-state index in [0.717, 1.165) is 5.56 Å². The number of carbonyl (C=O) groups excluding carboxylic acids is 2. The third kappa shape index (κ3) is 5.29. The molecule has 1 aliphatic rings. The number of rotatable bonds is 7. The molecular formula is C18H24N2O5. The molecule has 3 atom stereocenters. The van der Waals surface area contributed by atoms with Crippen molar-refractivity contribution in [3.05, 3.63) is 35.9 Å². The van der Waals surface area contributed by atoms with E-state index in [9.17, 15) is 24.6 Å². The van der Waals surface area contributed by atoms with Gasteiger partial charge in [-0.2, -0.15) is 0 Å². The predicted octanol–water partition coefficient (Wildman–Crippen LogP) is 0.560. The van der Waals surface area contributed by atoms with Crippen LogP contribution in [0.5, 0.6) is 0 Å². The Morgan fingerprint density at radius 1 is 1.28 bits per heavy atom. The molecule has 0 saturated carbocycles. The molecule has 1 aromatic carbocycles. The maximum Gasteiger partial charge on any atom is 0.326 e. The zero-order valence-corrected chi connectivity index (χ0v) is 14.2. The third-order valence-corrected chi connectivity index (χ3v) is 4.22. The maximum absolute atomic E-state index is 12.9. The Morgan fingerprint density at radius 2 is 1.96 bits per heavy atom. The Bertz CT molecular complexity index is 617. The number of aliphatic hydroxyl groups excluding tert-OH is 1. The molecule has 3 N–H and O–H groups in total. The van der Waals surface area contributed by atoms with Crippen LogP contribution in [0.1, 0.15) is 31.7 Å². The standard InChI is InChI=1S/C18H24N2O5/c1-12(21)10-16(22)19-14(11-13-6-3-2-4-7-13)17(23)20-9-5-8-15(20)18(24)25/h2-4,6-7,12,14-15,21H,5,8-11H2,1H3,(H,19,22)(H,24,25)/t12?,14-,15-/m0/s1. The molecule has 1 aliphatic heterocycles. The second-order valence-electron chi connectivity index (χ2n) is 6.39. The van der Waals surface area contributed by atoms with E-state index in [4.69, 9.17) is 0 Å². The number of nitrogens with zero attached hydrogens (tertiary/aromatic N) is 1. The zero-order valence-electron chi connectivity index (χ0n) is 14.2. The fraction of sp³-hybridized carbons (Fsp3) is 0.500. The molecule has 136 valence electrons. The highest BCUT2D eigenvalue weighted by Gasteiger charge is 2.37. The minimum atomic E-state index is -1.03. The molecule has 1 saturated heterocycles. The average molecular weight is 348 g/mol. The highest BCUT2D eigenvalue weighted by Crippen LogP contribution is 2.19. The summed E-state index contributed by atoms with van der Waals surface area (Å²) in [5.74, 6) is -1.86. The lowest BCUT2D eigenvalue weighted by molar-refractivity contribution is -0.149. The first kappa shape index (κ1) is 18.9. The number of amides is 2. The molecule has 1 unspecified atom stereocenters. The first-order chi connectivity index (χ1) is 11.9. The van der Waals surface area contributed by atoms with Gasteiger partial charge in [0, 0.05) is 13.0 Å². The molecule has 0 bridgehead atoms. The second-order valence-corrected chi connectivity index (χ2v) is 6.39. The topological polar surface area (TPSA) is 107 Å². The number of hydrogen-bond donors (Lipinski definition) is 3. The van der Waals surface area contributed by atoms with E-state index in [1.807, 2.05) is 30.3 Å². The van der Waals surface area contributed by atoms with Gasteiger partial charge in [-0.3, -0.25) is 9.59 Å². The van der Waals surface area contributed by atoms with Gasteiger partial charge in [0.2, 0.25) is 11.8 Å². The summed E-state index contributed by atoms with van der Waals surface area (Å²) in [4.78, 5) is 37.6. The van der Waals surface area contributed by atoms with Crippen LogP contribution in [-0.4, -0.2) is 57.6 Å². The van der Waals surface area contributed by atoms with E-state index >= 15 is 0 Å². The number of likely N-dealkylation sites (tertiary alicyclic amines) is 1. The summed E-state index contributed by atoms with van der Waals surface area (Å²) in [6, 6.07) is 7.52. The molecule has 0 aliphatic carbocycles. The number of nitrogens with one attached hydrogen (secondary N) is 1. The second kappa shape index (κ2) is 8.62. The van der Waals surface area contributed by atoms with Gasteiger partial charge in [-0.1, -0.05) is 30.3 Å². The van der Waals surface area contributed by atoms with Gasteiger partial charge in [0.05, 0.1) is 12.5 Å². The summed E-state index contributed by atoms with van der Waals surface area (Å²) in [7, 11) is 0. The Morgan fingerprint density at radius 3 is 2.56 bits per heavy atom. The summed E-state index contributed by atoms with van der Waals surface area (Å²) in [5, 5.41) is 21.3. The fourth-order valence-electron chi connectivity index (χ4n) is 3.06. The van der Waals surface area contributed by atoms with Gasteiger partial charge in [-0.15, -0.1) is 0 Å². The van der Waals surface area contributed by atoms with E-state index in [0.29, 0.717) is 19.4 Å². The van der Waals surface area contributed by atoms with Crippen molar-refractivity contribution >= 4 is 17.8 Å². The van der Waals surface area contributed by atoms with Crippen molar-refractivity contribution in [2.45, 2.75) is 50.8 Å². The lowest BCUT2D eigenvalue weighted by atomic mass is 10.0. The number of benzene rings is 1. The van der Waals surface area contributed by atoms with E-state index in [1.165, 1.54) is 11.8 Å². The highest BCUT2D eigenvalue weighted by molar-refractivity contribution is 5.91. The van der Waals surface area contributed by atoms with Crippen molar-refractivity contribution in [2.75, 3.05) is 6.54 Å². The van der Waals surface area contributed by atoms with E-state index in [1.54, 1.807) is 0 Å². The van der Waals surface area contributed by atoms with E-state index in [2.05, 4.69) is 5.32 Å². The highest BCUT2D eigenvalue weighted by atomic mass is 16.4. The van der Waals surface area contributed by atoms with Crippen molar-refractivity contribution in [3.8, 4) is 0 Å². The van der Waals surface area contributed by atoms with Gasteiger partial charge in [-0.05, 0) is 25.3 Å². The summed E-state index contributed by atoms with van der Waals surface area (Å²) in [6.45, 7) is 1.86. The molecule has 0 spiro atoms. The molecule has 1 fully saturated rings. The van der Waals surface area contributed by atoms with Crippen molar-refractivity contribution in [1.29, 1.82) is 0 Å². The van der Waals surface area contributed by atoms with Crippen molar-refractivity contribution in [3.63, 3.8) is 0 Å². The maximum atomic E-state index is 12.9. The van der Waals surface area contributed by atoms with Crippen LogP contribution in [0.2, 0.25) is 0 Å². The Labute approximate surface area is 146 Å². The zero-order chi connectivity index (χ0) is 18.4. The van der Waals surface area contributed by atoms with Gasteiger partial charge in [0.1, 0.15) is 12.1 Å². The van der Waals surface area contributed by atoms with Gasteiger partial charge in [0.15, 0.2) is 0 Å². The molecule has 0 radical (unpaired) electrons. The number of hydrogen-bond acceptors (Lipinski definition) is 4. The summed E-state index contributed by atoms with van der Waals surface area (Å²) < 4.78 is 0. The molecular weight excluding hydrogens is 324 g/mol. The van der Waals surface area contributed by atoms with Crippen molar-refractivity contribution in [2.24, 2.45) is 0 Å². The molecule has 2 rings (SSSR count). The normalized spacial score (nSPS) is 19.3.